The molecule has 10 heavy (non-hydrogen) atoms. The molecule has 1 atom stereocenters. The maximum absolute atomic E-state index is 4.05. The van der Waals surface area contributed by atoms with E-state index in [-0.39, 0.29) is 0 Å². The zero-order valence-corrected chi connectivity index (χ0v) is 6.52. The first kappa shape index (κ1) is 7.32. The van der Waals surface area contributed by atoms with Crippen molar-refractivity contribution in [3.05, 3.63) is 18.0 Å². The van der Waals surface area contributed by atoms with Crippen LogP contribution in [0.1, 0.15) is 38.3 Å². The van der Waals surface area contributed by atoms with Gasteiger partial charge in [-0.15, -0.1) is 0 Å². The van der Waals surface area contributed by atoms with Crippen molar-refractivity contribution >= 4 is 0 Å². The molecule has 0 aliphatic heterocycles. The second-order valence-electron chi connectivity index (χ2n) is 2.60. The summed E-state index contributed by atoms with van der Waals surface area (Å²) in [5, 5.41) is 6.82. The zero-order chi connectivity index (χ0) is 7.40. The molecule has 0 amide bonds. The minimum Gasteiger partial charge on any atom is -0.285 e. The fourth-order valence-corrected chi connectivity index (χ4v) is 1.06. The van der Waals surface area contributed by atoms with Crippen LogP contribution in [0.4, 0.5) is 0 Å². The second-order valence-corrected chi connectivity index (χ2v) is 2.60. The Morgan fingerprint density at radius 2 is 2.60 bits per heavy atom. The highest BCUT2D eigenvalue weighted by atomic mass is 15.1. The number of rotatable bonds is 3. The third-order valence-corrected chi connectivity index (χ3v) is 1.66. The minimum atomic E-state index is 0.552. The van der Waals surface area contributed by atoms with Gasteiger partial charge in [0.1, 0.15) is 0 Å². The number of nitrogens with zero attached hydrogens (tertiary/aromatic N) is 1. The van der Waals surface area contributed by atoms with Crippen LogP contribution < -0.4 is 0 Å². The predicted molar refractivity (Wildman–Crippen MR) is 40.7 cm³/mol. The standard InChI is InChI=1S/C8H13N2/c1-3-4-7(2)8-5-6-9-10-8/h6-7H,3-4H2,1-2H3,(H,9,10). The molecule has 1 rings (SSSR count). The molecule has 55 valence electrons. The van der Waals surface area contributed by atoms with Gasteiger partial charge in [0.05, 0.1) is 5.69 Å². The monoisotopic (exact) mass is 137 g/mol. The summed E-state index contributed by atoms with van der Waals surface area (Å²) < 4.78 is 0. The Kier molecular flexibility index (Phi) is 2.49. The van der Waals surface area contributed by atoms with Crippen LogP contribution >= 0.6 is 0 Å². The van der Waals surface area contributed by atoms with Crippen molar-refractivity contribution in [1.29, 1.82) is 0 Å². The molecule has 1 aromatic rings. The fraction of sp³-hybridized carbons (Fsp3) is 0.625. The van der Waals surface area contributed by atoms with E-state index in [0.29, 0.717) is 5.92 Å². The molecule has 1 N–H and O–H groups in total. The van der Waals surface area contributed by atoms with E-state index in [1.54, 1.807) is 6.20 Å². The van der Waals surface area contributed by atoms with E-state index < -0.39 is 0 Å². The summed E-state index contributed by atoms with van der Waals surface area (Å²) in [7, 11) is 0. The maximum atomic E-state index is 4.05. The average molecular weight is 137 g/mol. The zero-order valence-electron chi connectivity index (χ0n) is 6.52. The van der Waals surface area contributed by atoms with E-state index in [1.807, 2.05) is 0 Å². The topological polar surface area (TPSA) is 28.7 Å². The third kappa shape index (κ3) is 1.59. The fourth-order valence-electron chi connectivity index (χ4n) is 1.06. The van der Waals surface area contributed by atoms with Gasteiger partial charge in [0.2, 0.25) is 0 Å². The van der Waals surface area contributed by atoms with Gasteiger partial charge >= 0.3 is 0 Å². The smallest absolute Gasteiger partial charge is 0.0729 e. The van der Waals surface area contributed by atoms with Crippen LogP contribution in [0.2, 0.25) is 0 Å². The minimum absolute atomic E-state index is 0.552. The van der Waals surface area contributed by atoms with Crippen LogP contribution in [-0.2, 0) is 0 Å². The second kappa shape index (κ2) is 3.40. The van der Waals surface area contributed by atoms with Crippen LogP contribution in [0.3, 0.4) is 0 Å². The summed E-state index contributed by atoms with van der Waals surface area (Å²) in [6.45, 7) is 4.36. The Hall–Kier alpha value is -0.790. The molecule has 0 spiro atoms. The Morgan fingerprint density at radius 1 is 1.80 bits per heavy atom. The molecule has 0 saturated carbocycles. The molecule has 0 aliphatic carbocycles. The van der Waals surface area contributed by atoms with Crippen LogP contribution in [0.25, 0.3) is 0 Å². The molecule has 2 heteroatoms. The van der Waals surface area contributed by atoms with Crippen molar-refractivity contribution in [2.45, 2.75) is 32.6 Å². The van der Waals surface area contributed by atoms with Crippen LogP contribution in [0.5, 0.6) is 0 Å². The van der Waals surface area contributed by atoms with Crippen molar-refractivity contribution in [2.75, 3.05) is 0 Å². The summed E-state index contributed by atoms with van der Waals surface area (Å²) in [6, 6.07) is 3.06. The van der Waals surface area contributed by atoms with Crippen LogP contribution in [-0.4, -0.2) is 10.2 Å². The van der Waals surface area contributed by atoms with Crippen molar-refractivity contribution in [3.63, 3.8) is 0 Å². The van der Waals surface area contributed by atoms with Gasteiger partial charge in [-0.1, -0.05) is 20.3 Å². The number of aromatic nitrogens is 2. The average Bonchev–Trinajstić information content (AvgIpc) is 2.38. The lowest BCUT2D eigenvalue weighted by Crippen LogP contribution is -1.92. The van der Waals surface area contributed by atoms with Gasteiger partial charge in [-0.3, -0.25) is 5.10 Å². The molecule has 1 unspecified atom stereocenters. The lowest BCUT2D eigenvalue weighted by Gasteiger charge is -2.03. The molecule has 0 bridgehead atoms. The van der Waals surface area contributed by atoms with Gasteiger partial charge in [0.15, 0.2) is 0 Å². The molecule has 1 heterocycles. The lowest BCUT2D eigenvalue weighted by atomic mass is 10.0. The Bertz CT molecular complexity index is 167. The van der Waals surface area contributed by atoms with Gasteiger partial charge in [-0.05, 0) is 6.42 Å². The summed E-state index contributed by atoms with van der Waals surface area (Å²) in [6.07, 6.45) is 4.16. The summed E-state index contributed by atoms with van der Waals surface area (Å²) >= 11 is 0. The van der Waals surface area contributed by atoms with Gasteiger partial charge in [0, 0.05) is 18.2 Å². The maximum Gasteiger partial charge on any atom is 0.0729 e. The number of hydrogen-bond acceptors (Lipinski definition) is 1. The third-order valence-electron chi connectivity index (χ3n) is 1.66. The number of H-pyrrole nitrogens is 1. The highest BCUT2D eigenvalue weighted by Crippen LogP contribution is 2.16. The van der Waals surface area contributed by atoms with Crippen molar-refractivity contribution in [1.82, 2.24) is 10.2 Å². The first-order chi connectivity index (χ1) is 4.84. The van der Waals surface area contributed by atoms with Crippen molar-refractivity contribution < 1.29 is 0 Å². The lowest BCUT2D eigenvalue weighted by molar-refractivity contribution is 0.644. The molecule has 1 aromatic heterocycles. The molecule has 0 fully saturated rings. The summed E-state index contributed by atoms with van der Waals surface area (Å²) in [5.41, 5.74) is 1.06. The molecule has 0 saturated heterocycles. The molecular weight excluding hydrogens is 124 g/mol. The van der Waals surface area contributed by atoms with E-state index in [0.717, 1.165) is 5.69 Å². The normalized spacial score (nSPS) is 13.4. The molecule has 0 aromatic carbocycles. The first-order valence-corrected chi connectivity index (χ1v) is 3.76. The highest BCUT2D eigenvalue weighted by Gasteiger charge is 2.04. The van der Waals surface area contributed by atoms with E-state index in [4.69, 9.17) is 0 Å². The largest absolute Gasteiger partial charge is 0.285 e. The Morgan fingerprint density at radius 3 is 3.10 bits per heavy atom. The van der Waals surface area contributed by atoms with Crippen LogP contribution in [0, 0.1) is 6.07 Å². The van der Waals surface area contributed by atoms with E-state index in [1.165, 1.54) is 12.8 Å². The SMILES string of the molecule is CCCC(C)c1[c]c[nH]n1. The summed E-state index contributed by atoms with van der Waals surface area (Å²) in [5.74, 6) is 0.552. The van der Waals surface area contributed by atoms with E-state index >= 15 is 0 Å². The first-order valence-electron chi connectivity index (χ1n) is 3.76. The Labute approximate surface area is 61.7 Å². The Balaban J connectivity index is 2.50. The van der Waals surface area contributed by atoms with Gasteiger partial charge in [0.25, 0.3) is 0 Å². The van der Waals surface area contributed by atoms with Crippen molar-refractivity contribution in [2.24, 2.45) is 0 Å². The molecule has 1 radical (unpaired) electrons. The van der Waals surface area contributed by atoms with Crippen LogP contribution in [0.15, 0.2) is 6.20 Å². The molecule has 2 nitrogen and oxygen atoms in total. The number of aromatic amines is 1. The van der Waals surface area contributed by atoms with Gasteiger partial charge < -0.3 is 0 Å². The highest BCUT2D eigenvalue weighted by molar-refractivity contribution is 5.01. The molecule has 0 aliphatic rings. The van der Waals surface area contributed by atoms with Crippen molar-refractivity contribution in [3.8, 4) is 0 Å². The number of nitrogens with one attached hydrogen (secondary N) is 1. The van der Waals surface area contributed by atoms with Gasteiger partial charge in [-0.25, -0.2) is 0 Å². The quantitative estimate of drug-likeness (QED) is 0.679. The van der Waals surface area contributed by atoms with E-state index in [9.17, 15) is 0 Å². The number of hydrogen-bond donors (Lipinski definition) is 1. The van der Waals surface area contributed by atoms with E-state index in [2.05, 4.69) is 30.1 Å². The van der Waals surface area contributed by atoms with Gasteiger partial charge in [-0.2, -0.15) is 5.10 Å². The summed E-state index contributed by atoms with van der Waals surface area (Å²) in [4.78, 5) is 0. The molecular formula is C8H13N2. The predicted octanol–water partition coefficient (Wildman–Crippen LogP) is 2.11.